The summed E-state index contributed by atoms with van der Waals surface area (Å²) in [5, 5.41) is 6.61. The van der Waals surface area contributed by atoms with Crippen LogP contribution in [0.25, 0.3) is 0 Å². The van der Waals surface area contributed by atoms with E-state index in [9.17, 15) is 8.42 Å². The lowest BCUT2D eigenvalue weighted by molar-refractivity contribution is 0.203. The summed E-state index contributed by atoms with van der Waals surface area (Å²) in [6.45, 7) is 6.36. The summed E-state index contributed by atoms with van der Waals surface area (Å²) in [5.74, 6) is 0.711. The largest absolute Gasteiger partial charge is 0.355 e. The molecule has 0 atom stereocenters. The van der Waals surface area contributed by atoms with Crippen LogP contribution in [0.3, 0.4) is 0 Å². The van der Waals surface area contributed by atoms with Gasteiger partial charge in [0.25, 0.3) is 0 Å². The minimum atomic E-state index is -3.52. The fourth-order valence-electron chi connectivity index (χ4n) is 3.03. The van der Waals surface area contributed by atoms with Crippen LogP contribution < -0.4 is 15.4 Å². The van der Waals surface area contributed by atoms with Crippen molar-refractivity contribution in [3.8, 4) is 0 Å². The van der Waals surface area contributed by atoms with Crippen LogP contribution >= 0.6 is 0 Å². The molecule has 0 radical (unpaired) electrons. The number of nitrogens with one attached hydrogen (secondary N) is 3. The fraction of sp³-hybridized carbons (Fsp3) is 0.667. The van der Waals surface area contributed by atoms with Crippen LogP contribution in [0.5, 0.6) is 0 Å². The van der Waals surface area contributed by atoms with Crippen LogP contribution in [0, 0.1) is 0 Å². The van der Waals surface area contributed by atoms with Gasteiger partial charge in [0, 0.05) is 51.7 Å². The van der Waals surface area contributed by atoms with Gasteiger partial charge in [0.2, 0.25) is 10.0 Å². The highest BCUT2D eigenvalue weighted by atomic mass is 32.2. The molecule has 0 saturated carbocycles. The standard InChI is InChI=1S/C18H32N6O2S/c1-3-4-12-24-13-7-16(8-14-24)23-18(19-2)21-10-11-22-27(25,26)17-6-5-9-20-15-17/h5-6,9,15-16,22H,3-4,7-8,10-14H2,1-2H3,(H2,19,21,23). The quantitative estimate of drug-likeness (QED) is 0.324. The molecule has 0 aliphatic carbocycles. The van der Waals surface area contributed by atoms with Crippen molar-refractivity contribution in [2.75, 3.05) is 39.8 Å². The van der Waals surface area contributed by atoms with Crippen molar-refractivity contribution < 1.29 is 8.42 Å². The SMILES string of the molecule is CCCCN1CCC(NC(=NC)NCCNS(=O)(=O)c2cccnc2)CC1. The Hall–Kier alpha value is -1.71. The monoisotopic (exact) mass is 396 g/mol. The number of aromatic nitrogens is 1. The van der Waals surface area contributed by atoms with Crippen LogP contribution in [0.1, 0.15) is 32.6 Å². The van der Waals surface area contributed by atoms with E-state index in [1.807, 2.05) is 0 Å². The van der Waals surface area contributed by atoms with E-state index in [1.165, 1.54) is 31.6 Å². The maximum atomic E-state index is 12.1. The third kappa shape index (κ3) is 7.43. The number of pyridine rings is 1. The van der Waals surface area contributed by atoms with Gasteiger partial charge >= 0.3 is 0 Å². The molecule has 0 unspecified atom stereocenters. The third-order valence-corrected chi connectivity index (χ3v) is 6.08. The minimum Gasteiger partial charge on any atom is -0.355 e. The maximum absolute atomic E-state index is 12.1. The summed E-state index contributed by atoms with van der Waals surface area (Å²) in [6.07, 6.45) is 7.57. The number of aliphatic imine (C=N–C) groups is 1. The Morgan fingerprint density at radius 2 is 2.11 bits per heavy atom. The normalized spacial score (nSPS) is 17.0. The van der Waals surface area contributed by atoms with Gasteiger partial charge in [-0.25, -0.2) is 13.1 Å². The Balaban J connectivity index is 1.68. The average molecular weight is 397 g/mol. The number of unbranched alkanes of at least 4 members (excludes halogenated alkanes) is 1. The van der Waals surface area contributed by atoms with E-state index in [2.05, 4.69) is 37.2 Å². The minimum absolute atomic E-state index is 0.169. The van der Waals surface area contributed by atoms with E-state index in [4.69, 9.17) is 0 Å². The first-order valence-corrected chi connectivity index (χ1v) is 11.1. The molecule has 1 aromatic rings. The highest BCUT2D eigenvalue weighted by Crippen LogP contribution is 2.11. The molecular weight excluding hydrogens is 364 g/mol. The number of hydrogen-bond acceptors (Lipinski definition) is 5. The lowest BCUT2D eigenvalue weighted by atomic mass is 10.0. The molecule has 9 heteroatoms. The van der Waals surface area contributed by atoms with E-state index in [0.29, 0.717) is 18.5 Å². The molecule has 1 aromatic heterocycles. The van der Waals surface area contributed by atoms with Crippen molar-refractivity contribution in [1.29, 1.82) is 0 Å². The van der Waals surface area contributed by atoms with Crippen molar-refractivity contribution in [1.82, 2.24) is 25.2 Å². The second kappa shape index (κ2) is 11.2. The summed E-state index contributed by atoms with van der Waals surface area (Å²) < 4.78 is 26.8. The highest BCUT2D eigenvalue weighted by molar-refractivity contribution is 7.89. The molecule has 1 fully saturated rings. The maximum Gasteiger partial charge on any atom is 0.242 e. The second-order valence-electron chi connectivity index (χ2n) is 6.70. The number of guanidine groups is 1. The first-order chi connectivity index (χ1) is 13.0. The molecule has 1 aliphatic heterocycles. The molecule has 2 rings (SSSR count). The number of rotatable bonds is 9. The van der Waals surface area contributed by atoms with Crippen molar-refractivity contribution in [2.45, 2.75) is 43.5 Å². The zero-order valence-electron chi connectivity index (χ0n) is 16.3. The van der Waals surface area contributed by atoms with Gasteiger partial charge in [-0.2, -0.15) is 0 Å². The van der Waals surface area contributed by atoms with Crippen LogP contribution in [0.2, 0.25) is 0 Å². The van der Waals surface area contributed by atoms with E-state index >= 15 is 0 Å². The summed E-state index contributed by atoms with van der Waals surface area (Å²) in [6, 6.07) is 3.53. The average Bonchev–Trinajstić information content (AvgIpc) is 2.70. The number of sulfonamides is 1. The van der Waals surface area contributed by atoms with Gasteiger partial charge in [0.15, 0.2) is 5.96 Å². The molecule has 152 valence electrons. The second-order valence-corrected chi connectivity index (χ2v) is 8.47. The Labute approximate surface area is 162 Å². The van der Waals surface area contributed by atoms with Crippen molar-refractivity contribution in [3.63, 3.8) is 0 Å². The lowest BCUT2D eigenvalue weighted by Gasteiger charge is -2.33. The predicted octanol–water partition coefficient (Wildman–Crippen LogP) is 0.789. The molecule has 0 amide bonds. The zero-order valence-corrected chi connectivity index (χ0v) is 17.1. The van der Waals surface area contributed by atoms with Crippen LogP contribution in [-0.2, 0) is 10.0 Å². The molecule has 3 N–H and O–H groups in total. The third-order valence-electron chi connectivity index (χ3n) is 4.63. The van der Waals surface area contributed by atoms with Crippen LogP contribution in [0.4, 0.5) is 0 Å². The molecule has 27 heavy (non-hydrogen) atoms. The van der Waals surface area contributed by atoms with Crippen LogP contribution in [-0.4, -0.2) is 70.1 Å². The molecule has 0 bridgehead atoms. The molecule has 2 heterocycles. The highest BCUT2D eigenvalue weighted by Gasteiger charge is 2.19. The molecular formula is C18H32N6O2S. The van der Waals surface area contributed by atoms with Gasteiger partial charge in [-0.3, -0.25) is 9.98 Å². The van der Waals surface area contributed by atoms with E-state index in [0.717, 1.165) is 25.9 Å². The Kier molecular flexibility index (Phi) is 8.96. The molecule has 0 spiro atoms. The van der Waals surface area contributed by atoms with Crippen LogP contribution in [0.15, 0.2) is 34.4 Å². The molecule has 0 aromatic carbocycles. The van der Waals surface area contributed by atoms with E-state index in [1.54, 1.807) is 19.3 Å². The number of hydrogen-bond donors (Lipinski definition) is 3. The zero-order chi connectivity index (χ0) is 19.5. The fourth-order valence-corrected chi connectivity index (χ4v) is 4.02. The summed E-state index contributed by atoms with van der Waals surface area (Å²) in [7, 11) is -1.80. The molecule has 1 aliphatic rings. The first kappa shape index (κ1) is 21.6. The number of likely N-dealkylation sites (tertiary alicyclic amines) is 1. The Bertz CT molecular complexity index is 672. The predicted molar refractivity (Wildman–Crippen MR) is 108 cm³/mol. The molecule has 8 nitrogen and oxygen atoms in total. The van der Waals surface area contributed by atoms with Gasteiger partial charge < -0.3 is 15.5 Å². The van der Waals surface area contributed by atoms with Gasteiger partial charge in [0.05, 0.1) is 0 Å². The number of piperidine rings is 1. The number of nitrogens with zero attached hydrogens (tertiary/aromatic N) is 3. The van der Waals surface area contributed by atoms with E-state index in [-0.39, 0.29) is 11.4 Å². The molecule has 1 saturated heterocycles. The van der Waals surface area contributed by atoms with Gasteiger partial charge in [-0.15, -0.1) is 0 Å². The Morgan fingerprint density at radius 3 is 2.74 bits per heavy atom. The topological polar surface area (TPSA) is 98.7 Å². The smallest absolute Gasteiger partial charge is 0.242 e. The summed E-state index contributed by atoms with van der Waals surface area (Å²) in [5.41, 5.74) is 0. The first-order valence-electron chi connectivity index (χ1n) is 9.64. The van der Waals surface area contributed by atoms with E-state index < -0.39 is 10.0 Å². The van der Waals surface area contributed by atoms with Gasteiger partial charge in [0.1, 0.15) is 4.90 Å². The van der Waals surface area contributed by atoms with Crippen molar-refractivity contribution in [3.05, 3.63) is 24.5 Å². The van der Waals surface area contributed by atoms with Crippen molar-refractivity contribution >= 4 is 16.0 Å². The van der Waals surface area contributed by atoms with Crippen molar-refractivity contribution in [2.24, 2.45) is 4.99 Å². The summed E-state index contributed by atoms with van der Waals surface area (Å²) >= 11 is 0. The summed E-state index contributed by atoms with van der Waals surface area (Å²) in [4.78, 5) is 10.8. The lowest BCUT2D eigenvalue weighted by Crippen LogP contribution is -2.49. The van der Waals surface area contributed by atoms with Gasteiger partial charge in [-0.05, 0) is 37.9 Å². The van der Waals surface area contributed by atoms with Gasteiger partial charge in [-0.1, -0.05) is 13.3 Å². The Morgan fingerprint density at radius 1 is 1.33 bits per heavy atom.